The monoisotopic (exact) mass is 304 g/mol. The number of rotatable bonds is 2. The van der Waals surface area contributed by atoms with Crippen LogP contribution in [0.15, 0.2) is 28.7 Å². The molecule has 1 aliphatic rings. The molecule has 1 aromatic carbocycles. The fraction of sp³-hybridized carbons (Fsp3) is 0.455. The van der Waals surface area contributed by atoms with Crippen LogP contribution in [-0.4, -0.2) is 30.6 Å². The summed E-state index contributed by atoms with van der Waals surface area (Å²) in [6.07, 6.45) is 0.713. The number of benzene rings is 1. The van der Waals surface area contributed by atoms with Crippen molar-refractivity contribution in [3.8, 4) is 0 Å². The molecule has 1 unspecified atom stereocenters. The molecule has 5 heteroatoms. The van der Waals surface area contributed by atoms with E-state index in [-0.39, 0.29) is 11.5 Å². The third-order valence-corrected chi connectivity index (χ3v) is 5.42. The van der Waals surface area contributed by atoms with Crippen molar-refractivity contribution in [2.45, 2.75) is 18.4 Å². The molecule has 3 nitrogen and oxygen atoms in total. The maximum Gasteiger partial charge on any atom is 0.153 e. The van der Waals surface area contributed by atoms with Gasteiger partial charge in [0.1, 0.15) is 0 Å². The third-order valence-electron chi connectivity index (χ3n) is 2.84. The van der Waals surface area contributed by atoms with Crippen LogP contribution in [0.25, 0.3) is 0 Å². The third kappa shape index (κ3) is 2.64. The highest BCUT2D eigenvalue weighted by atomic mass is 79.9. The van der Waals surface area contributed by atoms with Crippen LogP contribution < -0.4 is 0 Å². The van der Waals surface area contributed by atoms with Gasteiger partial charge in [0.2, 0.25) is 0 Å². The Bertz CT molecular complexity index is 498. The summed E-state index contributed by atoms with van der Waals surface area (Å²) in [6, 6.07) is 7.56. The number of hydrogen-bond donors (Lipinski definition) is 1. The molecule has 1 fully saturated rings. The van der Waals surface area contributed by atoms with Crippen molar-refractivity contribution >= 4 is 25.8 Å². The van der Waals surface area contributed by atoms with E-state index in [1.54, 1.807) is 0 Å². The zero-order chi connectivity index (χ0) is 11.8. The van der Waals surface area contributed by atoms with Crippen LogP contribution in [0.3, 0.4) is 0 Å². The van der Waals surface area contributed by atoms with Crippen LogP contribution >= 0.6 is 15.9 Å². The van der Waals surface area contributed by atoms with Gasteiger partial charge in [0.05, 0.1) is 17.1 Å². The van der Waals surface area contributed by atoms with Gasteiger partial charge in [0.25, 0.3) is 0 Å². The van der Waals surface area contributed by atoms with E-state index in [1.165, 1.54) is 0 Å². The van der Waals surface area contributed by atoms with Gasteiger partial charge in [-0.3, -0.25) is 0 Å². The highest BCUT2D eigenvalue weighted by Gasteiger charge is 2.40. The summed E-state index contributed by atoms with van der Waals surface area (Å²) in [4.78, 5) is 0. The first-order valence-corrected chi connectivity index (χ1v) is 7.68. The minimum absolute atomic E-state index is 0.0912. The lowest BCUT2D eigenvalue weighted by Crippen LogP contribution is -2.32. The van der Waals surface area contributed by atoms with Crippen LogP contribution in [-0.2, 0) is 16.3 Å². The molecule has 16 heavy (non-hydrogen) atoms. The van der Waals surface area contributed by atoms with Gasteiger partial charge in [-0.05, 0) is 18.1 Å². The Kier molecular flexibility index (Phi) is 3.11. The minimum atomic E-state index is -3.05. The van der Waals surface area contributed by atoms with Gasteiger partial charge < -0.3 is 5.11 Å². The molecular formula is C11H13BrO3S. The van der Waals surface area contributed by atoms with E-state index in [0.29, 0.717) is 12.8 Å². The van der Waals surface area contributed by atoms with Gasteiger partial charge in [0, 0.05) is 10.9 Å². The lowest BCUT2D eigenvalue weighted by Gasteiger charge is -2.21. The lowest BCUT2D eigenvalue weighted by molar-refractivity contribution is 0.0680. The molecule has 1 atom stereocenters. The van der Waals surface area contributed by atoms with E-state index in [0.717, 1.165) is 10.0 Å². The van der Waals surface area contributed by atoms with Gasteiger partial charge >= 0.3 is 0 Å². The zero-order valence-corrected chi connectivity index (χ0v) is 11.1. The molecule has 1 aliphatic heterocycles. The molecule has 0 aliphatic carbocycles. The molecule has 1 N–H and O–H groups in total. The highest BCUT2D eigenvalue weighted by molar-refractivity contribution is 9.10. The minimum Gasteiger partial charge on any atom is -0.388 e. The average molecular weight is 305 g/mol. The Hall–Kier alpha value is -0.390. The molecule has 0 aromatic heterocycles. The second-order valence-corrected chi connectivity index (χ2v) is 7.37. The summed E-state index contributed by atoms with van der Waals surface area (Å²) in [5.74, 6) is -0.0325. The largest absolute Gasteiger partial charge is 0.388 e. The van der Waals surface area contributed by atoms with E-state index in [2.05, 4.69) is 15.9 Å². The molecule has 1 aromatic rings. The fourth-order valence-corrected chi connectivity index (χ4v) is 4.36. The molecule has 1 saturated heterocycles. The van der Waals surface area contributed by atoms with Crippen molar-refractivity contribution in [1.29, 1.82) is 0 Å². The van der Waals surface area contributed by atoms with Gasteiger partial charge in [-0.2, -0.15) is 0 Å². The highest BCUT2D eigenvalue weighted by Crippen LogP contribution is 2.29. The van der Waals surface area contributed by atoms with Crippen LogP contribution in [0.4, 0.5) is 0 Å². The van der Waals surface area contributed by atoms with Crippen molar-refractivity contribution in [2.75, 3.05) is 11.5 Å². The van der Waals surface area contributed by atoms with Gasteiger partial charge in [0.15, 0.2) is 9.84 Å². The van der Waals surface area contributed by atoms with Crippen molar-refractivity contribution < 1.29 is 13.5 Å². The standard InChI is InChI=1S/C11H13BrO3S/c12-10-4-2-1-3-9(10)7-11(13)5-6-16(14,15)8-11/h1-4,13H,5-8H2. The summed E-state index contributed by atoms with van der Waals surface area (Å²) in [5.41, 5.74) is -0.148. The van der Waals surface area contributed by atoms with Crippen molar-refractivity contribution in [3.63, 3.8) is 0 Å². The Labute approximate surface area is 104 Å². The molecular weight excluding hydrogens is 292 g/mol. The lowest BCUT2D eigenvalue weighted by atomic mass is 9.94. The second-order valence-electron chi connectivity index (χ2n) is 4.33. The summed E-state index contributed by atoms with van der Waals surface area (Å²) in [7, 11) is -3.05. The summed E-state index contributed by atoms with van der Waals surface area (Å²) in [6.45, 7) is 0. The van der Waals surface area contributed by atoms with E-state index in [4.69, 9.17) is 0 Å². The molecule has 0 saturated carbocycles. The zero-order valence-electron chi connectivity index (χ0n) is 8.69. The van der Waals surface area contributed by atoms with Gasteiger partial charge in [-0.1, -0.05) is 34.1 Å². The van der Waals surface area contributed by atoms with E-state index in [9.17, 15) is 13.5 Å². The normalized spacial score (nSPS) is 28.1. The topological polar surface area (TPSA) is 54.4 Å². The Morgan fingerprint density at radius 3 is 2.62 bits per heavy atom. The second kappa shape index (κ2) is 4.13. The van der Waals surface area contributed by atoms with Gasteiger partial charge in [-0.25, -0.2) is 8.42 Å². The molecule has 0 bridgehead atoms. The first-order chi connectivity index (χ1) is 7.40. The first kappa shape index (κ1) is 12.1. The maximum atomic E-state index is 11.3. The van der Waals surface area contributed by atoms with Crippen LogP contribution in [0.2, 0.25) is 0 Å². The summed E-state index contributed by atoms with van der Waals surface area (Å²) >= 11 is 3.40. The van der Waals surface area contributed by atoms with E-state index < -0.39 is 15.4 Å². The SMILES string of the molecule is O=S1(=O)CCC(O)(Cc2ccccc2Br)C1. The van der Waals surface area contributed by atoms with Crippen LogP contribution in [0.5, 0.6) is 0 Å². The molecule has 2 rings (SSSR count). The van der Waals surface area contributed by atoms with Crippen molar-refractivity contribution in [1.82, 2.24) is 0 Å². The van der Waals surface area contributed by atoms with Crippen LogP contribution in [0, 0.1) is 0 Å². The Morgan fingerprint density at radius 1 is 1.38 bits per heavy atom. The van der Waals surface area contributed by atoms with Crippen LogP contribution in [0.1, 0.15) is 12.0 Å². The summed E-state index contributed by atoms with van der Waals surface area (Å²) < 4.78 is 23.6. The average Bonchev–Trinajstić information content (AvgIpc) is 2.45. The van der Waals surface area contributed by atoms with Crippen molar-refractivity contribution in [2.24, 2.45) is 0 Å². The molecule has 0 amide bonds. The quantitative estimate of drug-likeness (QED) is 0.902. The number of sulfone groups is 1. The predicted molar refractivity (Wildman–Crippen MR) is 66.1 cm³/mol. The maximum absolute atomic E-state index is 11.3. The Balaban J connectivity index is 2.20. The van der Waals surface area contributed by atoms with E-state index in [1.807, 2.05) is 24.3 Å². The number of halogens is 1. The summed E-state index contributed by atoms with van der Waals surface area (Å²) in [5, 5.41) is 10.2. The fourth-order valence-electron chi connectivity index (χ4n) is 2.03. The molecule has 0 radical (unpaired) electrons. The first-order valence-electron chi connectivity index (χ1n) is 5.06. The number of hydrogen-bond acceptors (Lipinski definition) is 3. The van der Waals surface area contributed by atoms with Gasteiger partial charge in [-0.15, -0.1) is 0 Å². The Morgan fingerprint density at radius 2 is 2.06 bits per heavy atom. The molecule has 88 valence electrons. The molecule has 0 spiro atoms. The van der Waals surface area contributed by atoms with Crippen molar-refractivity contribution in [3.05, 3.63) is 34.3 Å². The number of aliphatic hydroxyl groups is 1. The van der Waals surface area contributed by atoms with E-state index >= 15 is 0 Å². The predicted octanol–water partition coefficient (Wildman–Crippen LogP) is 1.54. The molecule has 1 heterocycles. The smallest absolute Gasteiger partial charge is 0.153 e.